The second-order valence-corrected chi connectivity index (χ2v) is 5.93. The van der Waals surface area contributed by atoms with Crippen LogP contribution in [-0.2, 0) is 23.1 Å². The number of ether oxygens (including phenoxy) is 2. The van der Waals surface area contributed by atoms with E-state index >= 15 is 0 Å². The first-order valence-electron chi connectivity index (χ1n) is 7.65. The molecule has 0 heterocycles. The van der Waals surface area contributed by atoms with E-state index in [1.54, 1.807) is 0 Å². The molecule has 2 unspecified atom stereocenters. The summed E-state index contributed by atoms with van der Waals surface area (Å²) in [7, 11) is -2.22. The number of hydrogen-bond acceptors (Lipinski definition) is 5. The second-order valence-electron chi connectivity index (χ2n) is 5.06. The lowest BCUT2D eigenvalue weighted by atomic mass is 10.2. The van der Waals surface area contributed by atoms with Crippen LogP contribution in [0.5, 0.6) is 0 Å². The van der Waals surface area contributed by atoms with Crippen molar-refractivity contribution in [1.82, 2.24) is 0 Å². The molecule has 0 fully saturated rings. The van der Waals surface area contributed by atoms with E-state index in [1.807, 2.05) is 55.4 Å². The van der Waals surface area contributed by atoms with E-state index in [4.69, 9.17) is 18.5 Å². The Morgan fingerprint density at radius 2 is 1.14 bits per heavy atom. The molecule has 0 saturated carbocycles. The standard InChI is InChI=1S/C16H30O5P/c1-9-18-13(5)11(3)15(7)20-22(17)21-16(8)12(4)14(6)19-10-2/h15-16H,9-10H2,1-8H3/q+1. The largest absolute Gasteiger partial charge is 0.698 e. The SMILES string of the molecule is CCOC(C)=C(C)C(C)O[P+](=O)OC(C)C(C)=C(C)OCC. The Bertz CT molecular complexity index is 390. The molecule has 0 bridgehead atoms. The van der Waals surface area contributed by atoms with E-state index in [-0.39, 0.29) is 12.2 Å². The summed E-state index contributed by atoms with van der Waals surface area (Å²) >= 11 is 0. The zero-order valence-electron chi connectivity index (χ0n) is 15.1. The van der Waals surface area contributed by atoms with E-state index in [9.17, 15) is 4.57 Å². The number of allylic oxidation sites excluding steroid dienone is 2. The summed E-state index contributed by atoms with van der Waals surface area (Å²) in [4.78, 5) is 0. The average molecular weight is 333 g/mol. The summed E-state index contributed by atoms with van der Waals surface area (Å²) < 4.78 is 33.7. The molecule has 0 N–H and O–H groups in total. The second kappa shape index (κ2) is 10.8. The van der Waals surface area contributed by atoms with Gasteiger partial charge in [-0.15, -0.1) is 9.05 Å². The van der Waals surface area contributed by atoms with Crippen LogP contribution < -0.4 is 0 Å². The van der Waals surface area contributed by atoms with Gasteiger partial charge >= 0.3 is 8.25 Å². The molecule has 0 aromatic rings. The monoisotopic (exact) mass is 333 g/mol. The summed E-state index contributed by atoms with van der Waals surface area (Å²) in [5.74, 6) is 1.57. The Morgan fingerprint density at radius 1 is 0.818 bits per heavy atom. The summed E-state index contributed by atoms with van der Waals surface area (Å²) in [6.45, 7) is 16.2. The lowest BCUT2D eigenvalue weighted by Gasteiger charge is -2.12. The van der Waals surface area contributed by atoms with Crippen molar-refractivity contribution in [2.75, 3.05) is 13.2 Å². The van der Waals surface area contributed by atoms with Gasteiger partial charge in [0, 0.05) is 4.57 Å². The van der Waals surface area contributed by atoms with Crippen molar-refractivity contribution in [2.24, 2.45) is 0 Å². The Hall–Kier alpha value is -0.900. The van der Waals surface area contributed by atoms with Gasteiger partial charge in [-0.2, -0.15) is 0 Å². The van der Waals surface area contributed by atoms with Gasteiger partial charge in [-0.1, -0.05) is 0 Å². The van der Waals surface area contributed by atoms with E-state index in [0.29, 0.717) is 13.2 Å². The van der Waals surface area contributed by atoms with Gasteiger partial charge in [-0.05, 0) is 66.5 Å². The van der Waals surface area contributed by atoms with Crippen molar-refractivity contribution in [1.29, 1.82) is 0 Å². The van der Waals surface area contributed by atoms with E-state index < -0.39 is 8.25 Å². The first kappa shape index (κ1) is 21.1. The van der Waals surface area contributed by atoms with Gasteiger partial charge in [0.05, 0.1) is 24.7 Å². The Kier molecular flexibility index (Phi) is 10.3. The van der Waals surface area contributed by atoms with Crippen LogP contribution in [0.1, 0.15) is 55.4 Å². The molecule has 0 spiro atoms. The maximum absolute atomic E-state index is 12.0. The minimum absolute atomic E-state index is 0.334. The summed E-state index contributed by atoms with van der Waals surface area (Å²) in [6, 6.07) is 0. The van der Waals surface area contributed by atoms with Gasteiger partial charge in [0.15, 0.2) is 0 Å². The number of rotatable bonds is 10. The van der Waals surface area contributed by atoms with E-state index in [0.717, 1.165) is 22.7 Å². The molecule has 0 aliphatic rings. The zero-order chi connectivity index (χ0) is 17.3. The zero-order valence-corrected chi connectivity index (χ0v) is 16.0. The Labute approximate surface area is 135 Å². The molecule has 5 nitrogen and oxygen atoms in total. The normalized spacial score (nSPS) is 17.2. The average Bonchev–Trinajstić information content (AvgIpc) is 2.45. The van der Waals surface area contributed by atoms with Crippen LogP contribution in [0, 0.1) is 0 Å². The maximum atomic E-state index is 12.0. The highest BCUT2D eigenvalue weighted by Crippen LogP contribution is 2.33. The van der Waals surface area contributed by atoms with Crippen molar-refractivity contribution in [3.63, 3.8) is 0 Å². The highest BCUT2D eigenvalue weighted by atomic mass is 31.1. The molecule has 22 heavy (non-hydrogen) atoms. The molecule has 0 aromatic heterocycles. The van der Waals surface area contributed by atoms with Crippen molar-refractivity contribution < 1.29 is 23.1 Å². The van der Waals surface area contributed by atoms with Gasteiger partial charge < -0.3 is 9.47 Å². The van der Waals surface area contributed by atoms with Crippen LogP contribution in [0.25, 0.3) is 0 Å². The van der Waals surface area contributed by atoms with Crippen LogP contribution in [0.3, 0.4) is 0 Å². The summed E-state index contributed by atoms with van der Waals surface area (Å²) in [5.41, 5.74) is 1.80. The van der Waals surface area contributed by atoms with E-state index in [2.05, 4.69) is 0 Å². The first-order chi connectivity index (χ1) is 10.2. The molecule has 2 atom stereocenters. The van der Waals surface area contributed by atoms with E-state index in [1.165, 1.54) is 0 Å². The quantitative estimate of drug-likeness (QED) is 0.410. The van der Waals surface area contributed by atoms with Crippen molar-refractivity contribution >= 4 is 8.25 Å². The molecule has 0 radical (unpaired) electrons. The van der Waals surface area contributed by atoms with Crippen LogP contribution in [0.15, 0.2) is 22.7 Å². The topological polar surface area (TPSA) is 54.0 Å². The first-order valence-corrected chi connectivity index (χ1v) is 8.75. The molecule has 0 rings (SSSR count). The van der Waals surface area contributed by atoms with Crippen LogP contribution in [0.2, 0.25) is 0 Å². The third-order valence-corrected chi connectivity index (χ3v) is 4.52. The van der Waals surface area contributed by atoms with Gasteiger partial charge in [-0.3, -0.25) is 0 Å². The fraction of sp³-hybridized carbons (Fsp3) is 0.750. The summed E-state index contributed by atoms with van der Waals surface area (Å²) in [6.07, 6.45) is -0.667. The van der Waals surface area contributed by atoms with Crippen molar-refractivity contribution in [3.8, 4) is 0 Å². The molecule has 0 aromatic carbocycles. The molecular weight excluding hydrogens is 303 g/mol. The van der Waals surface area contributed by atoms with Gasteiger partial charge in [0.25, 0.3) is 0 Å². The lowest BCUT2D eigenvalue weighted by molar-refractivity contribution is 0.159. The smallest absolute Gasteiger partial charge is 0.498 e. The summed E-state index contributed by atoms with van der Waals surface area (Å²) in [5, 5.41) is 0. The molecule has 0 aliphatic heterocycles. The minimum atomic E-state index is -2.22. The van der Waals surface area contributed by atoms with Crippen LogP contribution >= 0.6 is 8.25 Å². The van der Waals surface area contributed by atoms with Crippen molar-refractivity contribution in [3.05, 3.63) is 22.7 Å². The van der Waals surface area contributed by atoms with Crippen LogP contribution in [-0.4, -0.2) is 25.4 Å². The highest BCUT2D eigenvalue weighted by molar-refractivity contribution is 7.33. The fourth-order valence-electron chi connectivity index (χ4n) is 1.67. The molecular formula is C16H30O5P+. The fourth-order valence-corrected chi connectivity index (χ4v) is 2.56. The lowest BCUT2D eigenvalue weighted by Crippen LogP contribution is -2.12. The molecule has 0 amide bonds. The predicted octanol–water partition coefficient (Wildman–Crippen LogP) is 5.11. The Balaban J connectivity index is 4.63. The Morgan fingerprint density at radius 3 is 1.41 bits per heavy atom. The van der Waals surface area contributed by atoms with Crippen LogP contribution in [0.4, 0.5) is 0 Å². The highest BCUT2D eigenvalue weighted by Gasteiger charge is 2.30. The van der Waals surface area contributed by atoms with Gasteiger partial charge in [0.2, 0.25) is 0 Å². The predicted molar refractivity (Wildman–Crippen MR) is 88.7 cm³/mol. The maximum Gasteiger partial charge on any atom is 0.698 e. The third kappa shape index (κ3) is 7.39. The van der Waals surface area contributed by atoms with Gasteiger partial charge in [-0.25, -0.2) is 0 Å². The number of hydrogen-bond donors (Lipinski definition) is 0. The molecule has 0 saturated heterocycles. The third-order valence-electron chi connectivity index (χ3n) is 3.54. The molecule has 0 aliphatic carbocycles. The van der Waals surface area contributed by atoms with Gasteiger partial charge in [0.1, 0.15) is 12.2 Å². The molecule has 128 valence electrons. The minimum Gasteiger partial charge on any atom is -0.498 e. The molecule has 6 heteroatoms. The van der Waals surface area contributed by atoms with Crippen molar-refractivity contribution in [2.45, 2.75) is 67.6 Å².